The van der Waals surface area contributed by atoms with Gasteiger partial charge in [-0.2, -0.15) is 0 Å². The molecule has 1 saturated carbocycles. The standard InChI is InChI=1S/C22H29N3O4/c26-20(19-14-15-6-4-5-9-18(15)21(27)29-19)23-17-10-12-25(13-11-17)22(28)24-16-7-2-1-3-8-16/h4-6,9,16-17,19H,1-3,7-8,10-14H2,(H,23,26)(H,24,28)/t19-/m1/s1. The molecule has 1 saturated heterocycles. The topological polar surface area (TPSA) is 87.7 Å². The van der Waals surface area contributed by atoms with Crippen LogP contribution in [0.5, 0.6) is 0 Å². The van der Waals surface area contributed by atoms with Crippen molar-refractivity contribution in [1.82, 2.24) is 15.5 Å². The lowest BCUT2D eigenvalue weighted by Crippen LogP contribution is -2.53. The Morgan fingerprint density at radius 1 is 0.931 bits per heavy atom. The number of hydrogen-bond acceptors (Lipinski definition) is 4. The Balaban J connectivity index is 1.24. The summed E-state index contributed by atoms with van der Waals surface area (Å²) in [5.41, 5.74) is 1.38. The van der Waals surface area contributed by atoms with E-state index in [0.29, 0.717) is 44.0 Å². The summed E-state index contributed by atoms with van der Waals surface area (Å²) in [5, 5.41) is 6.16. The first-order valence-corrected chi connectivity index (χ1v) is 10.7. The van der Waals surface area contributed by atoms with Gasteiger partial charge in [-0.1, -0.05) is 37.5 Å². The molecule has 4 rings (SSSR count). The van der Waals surface area contributed by atoms with Gasteiger partial charge < -0.3 is 20.3 Å². The molecule has 2 fully saturated rings. The molecular formula is C22H29N3O4. The number of fused-ring (bicyclic) bond motifs is 1. The number of benzene rings is 1. The number of nitrogens with zero attached hydrogens (tertiary/aromatic N) is 1. The van der Waals surface area contributed by atoms with Gasteiger partial charge in [-0.25, -0.2) is 9.59 Å². The summed E-state index contributed by atoms with van der Waals surface area (Å²) in [6, 6.07) is 7.55. The molecule has 1 aromatic carbocycles. The van der Waals surface area contributed by atoms with Gasteiger partial charge in [0.25, 0.3) is 5.91 Å². The van der Waals surface area contributed by atoms with Crippen LogP contribution in [-0.2, 0) is 16.0 Å². The number of carbonyl (C=O) groups is 3. The van der Waals surface area contributed by atoms with Crippen LogP contribution in [-0.4, -0.2) is 54.1 Å². The molecule has 3 amide bonds. The number of carbonyl (C=O) groups excluding carboxylic acids is 3. The van der Waals surface area contributed by atoms with Gasteiger partial charge in [0.1, 0.15) is 0 Å². The van der Waals surface area contributed by atoms with Crippen molar-refractivity contribution in [3.05, 3.63) is 35.4 Å². The van der Waals surface area contributed by atoms with E-state index in [0.717, 1.165) is 18.4 Å². The summed E-state index contributed by atoms with van der Waals surface area (Å²) in [5.74, 6) is -0.695. The number of urea groups is 1. The lowest BCUT2D eigenvalue weighted by Gasteiger charge is -2.35. The second-order valence-electron chi connectivity index (χ2n) is 8.31. The number of rotatable bonds is 3. The van der Waals surface area contributed by atoms with Crippen molar-refractivity contribution in [3.63, 3.8) is 0 Å². The molecule has 1 aliphatic carbocycles. The molecule has 2 N–H and O–H groups in total. The molecule has 29 heavy (non-hydrogen) atoms. The van der Waals surface area contributed by atoms with E-state index >= 15 is 0 Å². The van der Waals surface area contributed by atoms with E-state index in [-0.39, 0.29) is 18.0 Å². The highest BCUT2D eigenvalue weighted by molar-refractivity contribution is 5.95. The van der Waals surface area contributed by atoms with Crippen molar-refractivity contribution < 1.29 is 19.1 Å². The van der Waals surface area contributed by atoms with Crippen LogP contribution in [0.2, 0.25) is 0 Å². The average molecular weight is 399 g/mol. The van der Waals surface area contributed by atoms with Gasteiger partial charge >= 0.3 is 12.0 Å². The molecule has 0 spiro atoms. The van der Waals surface area contributed by atoms with Crippen molar-refractivity contribution in [2.45, 2.75) is 69.6 Å². The van der Waals surface area contributed by atoms with E-state index < -0.39 is 12.1 Å². The largest absolute Gasteiger partial charge is 0.448 e. The molecular weight excluding hydrogens is 370 g/mol. The number of esters is 1. The highest BCUT2D eigenvalue weighted by Crippen LogP contribution is 2.21. The Morgan fingerprint density at radius 2 is 1.62 bits per heavy atom. The van der Waals surface area contributed by atoms with Crippen LogP contribution in [0.4, 0.5) is 4.79 Å². The number of piperidine rings is 1. The van der Waals surface area contributed by atoms with Crippen LogP contribution >= 0.6 is 0 Å². The lowest BCUT2D eigenvalue weighted by atomic mass is 9.95. The summed E-state index contributed by atoms with van der Waals surface area (Å²) >= 11 is 0. The molecule has 2 heterocycles. The molecule has 7 nitrogen and oxygen atoms in total. The molecule has 1 atom stereocenters. The van der Waals surface area contributed by atoms with Crippen LogP contribution in [0.15, 0.2) is 24.3 Å². The van der Waals surface area contributed by atoms with Gasteiger partial charge in [-0.15, -0.1) is 0 Å². The first kappa shape index (κ1) is 19.7. The summed E-state index contributed by atoms with van der Waals surface area (Å²) in [6.07, 6.45) is 6.82. The zero-order valence-corrected chi connectivity index (χ0v) is 16.7. The molecule has 7 heteroatoms. The molecule has 0 aromatic heterocycles. The number of amides is 3. The van der Waals surface area contributed by atoms with Gasteiger partial charge in [0.05, 0.1) is 5.56 Å². The molecule has 1 aromatic rings. The SMILES string of the molecule is O=C1O[C@@H](C(=O)NC2CCN(C(=O)NC3CCCCC3)CC2)Cc2ccccc21. The van der Waals surface area contributed by atoms with Crippen LogP contribution in [0, 0.1) is 0 Å². The van der Waals surface area contributed by atoms with E-state index in [2.05, 4.69) is 10.6 Å². The second-order valence-corrected chi connectivity index (χ2v) is 8.31. The van der Waals surface area contributed by atoms with Crippen molar-refractivity contribution >= 4 is 17.9 Å². The minimum absolute atomic E-state index is 0.00268. The zero-order valence-electron chi connectivity index (χ0n) is 16.7. The van der Waals surface area contributed by atoms with Gasteiger partial charge in [0.15, 0.2) is 6.10 Å². The van der Waals surface area contributed by atoms with E-state index in [1.165, 1.54) is 19.3 Å². The summed E-state index contributed by atoms with van der Waals surface area (Å²) in [7, 11) is 0. The van der Waals surface area contributed by atoms with Crippen LogP contribution in [0.3, 0.4) is 0 Å². The van der Waals surface area contributed by atoms with Crippen LogP contribution in [0.25, 0.3) is 0 Å². The van der Waals surface area contributed by atoms with Crippen LogP contribution < -0.4 is 10.6 Å². The van der Waals surface area contributed by atoms with Gasteiger partial charge in [-0.3, -0.25) is 4.79 Å². The smallest absolute Gasteiger partial charge is 0.339 e. The number of cyclic esters (lactones) is 1. The highest BCUT2D eigenvalue weighted by Gasteiger charge is 2.33. The molecule has 0 bridgehead atoms. The predicted octanol–water partition coefficient (Wildman–Crippen LogP) is 2.39. The number of ether oxygens (including phenoxy) is 1. The summed E-state index contributed by atoms with van der Waals surface area (Å²) in [6.45, 7) is 1.24. The predicted molar refractivity (Wildman–Crippen MR) is 107 cm³/mol. The maximum Gasteiger partial charge on any atom is 0.339 e. The number of nitrogens with one attached hydrogen (secondary N) is 2. The minimum Gasteiger partial charge on any atom is -0.448 e. The van der Waals surface area contributed by atoms with Gasteiger partial charge in [-0.05, 0) is 37.3 Å². The third-order valence-electron chi connectivity index (χ3n) is 6.25. The third kappa shape index (κ3) is 4.71. The molecule has 3 aliphatic rings. The van der Waals surface area contributed by atoms with E-state index in [4.69, 9.17) is 4.74 Å². The Labute approximate surface area is 171 Å². The van der Waals surface area contributed by atoms with Gasteiger partial charge in [0, 0.05) is 31.6 Å². The minimum atomic E-state index is -0.787. The zero-order chi connectivity index (χ0) is 20.2. The molecule has 0 radical (unpaired) electrons. The van der Waals surface area contributed by atoms with E-state index in [1.807, 2.05) is 17.0 Å². The normalized spacial score (nSPS) is 23.1. The Bertz CT molecular complexity index is 767. The average Bonchev–Trinajstić information content (AvgIpc) is 2.75. The van der Waals surface area contributed by atoms with Crippen molar-refractivity contribution in [2.24, 2.45) is 0 Å². The van der Waals surface area contributed by atoms with Gasteiger partial charge in [0.2, 0.25) is 0 Å². The fourth-order valence-corrected chi connectivity index (χ4v) is 4.51. The van der Waals surface area contributed by atoms with Crippen molar-refractivity contribution in [1.29, 1.82) is 0 Å². The first-order valence-electron chi connectivity index (χ1n) is 10.7. The van der Waals surface area contributed by atoms with E-state index in [1.54, 1.807) is 12.1 Å². The monoisotopic (exact) mass is 399 g/mol. The van der Waals surface area contributed by atoms with Crippen molar-refractivity contribution in [2.75, 3.05) is 13.1 Å². The fraction of sp³-hybridized carbons (Fsp3) is 0.591. The number of hydrogen-bond donors (Lipinski definition) is 2. The Hall–Kier alpha value is -2.57. The highest BCUT2D eigenvalue weighted by atomic mass is 16.5. The maximum absolute atomic E-state index is 12.6. The number of likely N-dealkylation sites (tertiary alicyclic amines) is 1. The molecule has 0 unspecified atom stereocenters. The second kappa shape index (κ2) is 8.84. The molecule has 156 valence electrons. The molecule has 2 aliphatic heterocycles. The lowest BCUT2D eigenvalue weighted by molar-refractivity contribution is -0.131. The third-order valence-corrected chi connectivity index (χ3v) is 6.25. The van der Waals surface area contributed by atoms with Crippen molar-refractivity contribution in [3.8, 4) is 0 Å². The Kier molecular flexibility index (Phi) is 6.02. The van der Waals surface area contributed by atoms with E-state index in [9.17, 15) is 14.4 Å². The first-order chi connectivity index (χ1) is 14.1. The summed E-state index contributed by atoms with van der Waals surface area (Å²) in [4.78, 5) is 39.0. The maximum atomic E-state index is 12.6. The fourth-order valence-electron chi connectivity index (χ4n) is 4.51. The summed E-state index contributed by atoms with van der Waals surface area (Å²) < 4.78 is 5.33. The quantitative estimate of drug-likeness (QED) is 0.764. The Morgan fingerprint density at radius 3 is 2.38 bits per heavy atom. The van der Waals surface area contributed by atoms with Crippen LogP contribution in [0.1, 0.15) is 60.9 Å².